The summed E-state index contributed by atoms with van der Waals surface area (Å²) in [6.45, 7) is 6.90. The lowest BCUT2D eigenvalue weighted by atomic mass is 9.96. The minimum absolute atomic E-state index is 0.559. The van der Waals surface area contributed by atoms with Gasteiger partial charge in [-0.3, -0.25) is 9.13 Å². The number of anilines is 2. The molecule has 204 valence electrons. The van der Waals surface area contributed by atoms with Gasteiger partial charge in [0.2, 0.25) is 0 Å². The smallest absolute Gasteiger partial charge is 0.100 e. The highest BCUT2D eigenvalue weighted by Crippen LogP contribution is 2.32. The van der Waals surface area contributed by atoms with Crippen molar-refractivity contribution in [2.24, 2.45) is 0 Å². The van der Waals surface area contributed by atoms with E-state index >= 15 is 0 Å². The van der Waals surface area contributed by atoms with E-state index in [1.54, 1.807) is 40.3 Å². The summed E-state index contributed by atoms with van der Waals surface area (Å²) in [5.74, 6) is 0. The zero-order chi connectivity index (χ0) is 28.7. The van der Waals surface area contributed by atoms with Crippen molar-refractivity contribution in [1.29, 1.82) is 0 Å². The predicted octanol–water partition coefficient (Wildman–Crippen LogP) is 5.67. The Balaban J connectivity index is 0.000000161. The van der Waals surface area contributed by atoms with Gasteiger partial charge in [-0.2, -0.15) is 0 Å². The van der Waals surface area contributed by atoms with Crippen LogP contribution in [0.25, 0.3) is 33.4 Å². The maximum atomic E-state index is 10.2. The van der Waals surface area contributed by atoms with Crippen LogP contribution in [0.15, 0.2) is 97.6 Å². The Morgan fingerprint density at radius 1 is 0.575 bits per heavy atom. The lowest BCUT2D eigenvalue weighted by molar-refractivity contribution is 0.0789. The lowest BCUT2D eigenvalue weighted by Gasteiger charge is -2.20. The van der Waals surface area contributed by atoms with Crippen LogP contribution in [-0.4, -0.2) is 29.3 Å². The molecule has 4 aromatic carbocycles. The third kappa shape index (κ3) is 5.27. The van der Waals surface area contributed by atoms with Gasteiger partial charge in [0.1, 0.15) is 12.7 Å². The van der Waals surface area contributed by atoms with Crippen molar-refractivity contribution in [2.75, 3.05) is 11.5 Å². The fraction of sp³-hybridized carbons (Fsp3) is 0.188. The van der Waals surface area contributed by atoms with E-state index in [4.69, 9.17) is 11.5 Å². The highest BCUT2D eigenvalue weighted by molar-refractivity contribution is 5.84. The number of hydrogen-bond donors (Lipinski definition) is 4. The van der Waals surface area contributed by atoms with Crippen LogP contribution in [0.1, 0.15) is 38.8 Å². The number of hydrogen-bond acceptors (Lipinski definition) is 6. The van der Waals surface area contributed by atoms with Gasteiger partial charge in [0, 0.05) is 33.9 Å². The zero-order valence-electron chi connectivity index (χ0n) is 23.1. The molecule has 0 aliphatic carbocycles. The van der Waals surface area contributed by atoms with E-state index < -0.39 is 11.2 Å². The maximum absolute atomic E-state index is 10.2. The molecule has 6 rings (SSSR count). The Morgan fingerprint density at radius 3 is 1.45 bits per heavy atom. The van der Waals surface area contributed by atoms with Crippen LogP contribution < -0.4 is 11.5 Å². The molecule has 0 radical (unpaired) electrons. The van der Waals surface area contributed by atoms with Crippen molar-refractivity contribution in [1.82, 2.24) is 19.1 Å². The van der Waals surface area contributed by atoms with E-state index in [0.29, 0.717) is 22.5 Å². The molecule has 0 atom stereocenters. The Kier molecular flexibility index (Phi) is 6.83. The van der Waals surface area contributed by atoms with Crippen molar-refractivity contribution < 1.29 is 10.2 Å². The minimum Gasteiger partial charge on any atom is -0.398 e. The maximum Gasteiger partial charge on any atom is 0.100 e. The van der Waals surface area contributed by atoms with E-state index in [1.165, 1.54) is 0 Å². The number of aliphatic hydroxyl groups is 2. The second kappa shape index (κ2) is 10.1. The third-order valence-corrected chi connectivity index (χ3v) is 6.82. The summed E-state index contributed by atoms with van der Waals surface area (Å²) in [6, 6.07) is 27.4. The summed E-state index contributed by atoms with van der Waals surface area (Å²) in [5, 5.41) is 20.4. The molecule has 0 amide bonds. The summed E-state index contributed by atoms with van der Waals surface area (Å²) in [4.78, 5) is 8.79. The van der Waals surface area contributed by atoms with Crippen molar-refractivity contribution in [3.8, 4) is 11.4 Å². The summed E-state index contributed by atoms with van der Waals surface area (Å²) < 4.78 is 3.98. The van der Waals surface area contributed by atoms with Gasteiger partial charge < -0.3 is 21.7 Å². The predicted molar refractivity (Wildman–Crippen MR) is 161 cm³/mol. The average Bonchev–Trinajstić information content (AvgIpc) is 3.51. The molecule has 0 saturated heterocycles. The molecule has 6 N–H and O–H groups in total. The summed E-state index contributed by atoms with van der Waals surface area (Å²) >= 11 is 0. The van der Waals surface area contributed by atoms with Crippen LogP contribution >= 0.6 is 0 Å². The van der Waals surface area contributed by atoms with Crippen LogP contribution in [-0.2, 0) is 11.2 Å². The molecular weight excluding hydrogens is 500 g/mol. The number of imidazole rings is 2. The second-order valence-electron chi connectivity index (χ2n) is 10.9. The Hall–Kier alpha value is -4.66. The van der Waals surface area contributed by atoms with E-state index in [0.717, 1.165) is 33.4 Å². The zero-order valence-corrected chi connectivity index (χ0v) is 23.1. The normalized spacial score (nSPS) is 11.9. The average molecular weight is 535 g/mol. The Labute approximate surface area is 233 Å². The van der Waals surface area contributed by atoms with Crippen LogP contribution in [0.5, 0.6) is 0 Å². The fourth-order valence-corrected chi connectivity index (χ4v) is 4.79. The molecule has 0 fully saturated rings. The molecule has 40 heavy (non-hydrogen) atoms. The number of nitrogens with zero attached hydrogens (tertiary/aromatic N) is 4. The van der Waals surface area contributed by atoms with E-state index in [9.17, 15) is 10.2 Å². The van der Waals surface area contributed by atoms with Gasteiger partial charge in [-0.1, -0.05) is 36.4 Å². The van der Waals surface area contributed by atoms with Crippen molar-refractivity contribution in [3.63, 3.8) is 0 Å². The van der Waals surface area contributed by atoms with Gasteiger partial charge in [-0.15, -0.1) is 0 Å². The Bertz CT molecular complexity index is 1780. The molecule has 0 aliphatic heterocycles. The van der Waals surface area contributed by atoms with Crippen LogP contribution in [0.2, 0.25) is 0 Å². The molecule has 0 aliphatic rings. The van der Waals surface area contributed by atoms with E-state index in [1.807, 2.05) is 94.1 Å². The highest BCUT2D eigenvalue weighted by Gasteiger charge is 2.22. The van der Waals surface area contributed by atoms with Gasteiger partial charge in [0.25, 0.3) is 0 Å². The molecule has 2 aromatic heterocycles. The second-order valence-corrected chi connectivity index (χ2v) is 10.9. The first-order chi connectivity index (χ1) is 18.9. The first kappa shape index (κ1) is 26.9. The molecule has 0 saturated carbocycles. The molecule has 6 aromatic rings. The number of aromatic nitrogens is 4. The minimum atomic E-state index is -0.982. The Morgan fingerprint density at radius 2 is 0.975 bits per heavy atom. The number of para-hydroxylation sites is 2. The first-order valence-electron chi connectivity index (χ1n) is 13.0. The number of fused-ring (bicyclic) bond motifs is 2. The van der Waals surface area contributed by atoms with Crippen molar-refractivity contribution in [2.45, 2.75) is 38.9 Å². The third-order valence-electron chi connectivity index (χ3n) is 6.82. The fourth-order valence-electron chi connectivity index (χ4n) is 4.79. The molecule has 8 nitrogen and oxygen atoms in total. The summed E-state index contributed by atoms with van der Waals surface area (Å²) in [6.07, 6.45) is 3.54. The molecule has 2 heterocycles. The van der Waals surface area contributed by atoms with Gasteiger partial charge >= 0.3 is 0 Å². The van der Waals surface area contributed by atoms with Gasteiger partial charge in [0.05, 0.1) is 33.3 Å². The summed E-state index contributed by atoms with van der Waals surface area (Å²) in [5.41, 5.74) is 18.2. The van der Waals surface area contributed by atoms with E-state index in [2.05, 4.69) is 9.97 Å². The van der Waals surface area contributed by atoms with Crippen LogP contribution in [0.4, 0.5) is 11.4 Å². The van der Waals surface area contributed by atoms with Crippen LogP contribution in [0.3, 0.4) is 0 Å². The monoisotopic (exact) mass is 534 g/mol. The lowest BCUT2D eigenvalue weighted by Crippen LogP contribution is -2.17. The van der Waals surface area contributed by atoms with Gasteiger partial charge in [0.15, 0.2) is 0 Å². The standard InChI is InChI=1S/2C16H17N3O/c1-16(2,20)12-8-15-14(9-13(12)17)18-10-19(15)11-6-4-3-5-7-11;1-16(2,20)12-8-14-15(9-13(12)17)19(10-18-14)11-6-4-3-5-7-11/h2*3-10,20H,17H2,1-2H3. The molecule has 0 unspecified atom stereocenters. The van der Waals surface area contributed by atoms with Crippen LogP contribution in [0, 0.1) is 0 Å². The number of benzene rings is 4. The number of nitrogens with two attached hydrogens (primary N) is 2. The van der Waals surface area contributed by atoms with Gasteiger partial charge in [-0.05, 0) is 76.2 Å². The van der Waals surface area contributed by atoms with Crippen molar-refractivity contribution in [3.05, 3.63) is 109 Å². The SMILES string of the molecule is CC(C)(O)c1cc2c(cc1N)ncn2-c1ccccc1.CC(C)(O)c1cc2ncn(-c3ccccc3)c2cc1N. The highest BCUT2D eigenvalue weighted by atomic mass is 16.3. The molecular formula is C32H34N6O2. The quantitative estimate of drug-likeness (QED) is 0.216. The number of rotatable bonds is 4. The molecule has 8 heteroatoms. The number of nitrogen functional groups attached to an aromatic ring is 2. The molecule has 0 spiro atoms. The summed E-state index contributed by atoms with van der Waals surface area (Å²) in [7, 11) is 0. The molecule has 0 bridgehead atoms. The van der Waals surface area contributed by atoms with Gasteiger partial charge in [-0.25, -0.2) is 9.97 Å². The largest absolute Gasteiger partial charge is 0.398 e. The topological polar surface area (TPSA) is 128 Å². The first-order valence-corrected chi connectivity index (χ1v) is 13.0. The van der Waals surface area contributed by atoms with Crippen molar-refractivity contribution >= 4 is 33.4 Å². The van der Waals surface area contributed by atoms with E-state index in [-0.39, 0.29) is 0 Å².